The zero-order chi connectivity index (χ0) is 28.8. The lowest BCUT2D eigenvalue weighted by Gasteiger charge is -2.48. The van der Waals surface area contributed by atoms with Gasteiger partial charge in [0.2, 0.25) is 0 Å². The molecule has 0 bridgehead atoms. The van der Waals surface area contributed by atoms with Crippen molar-refractivity contribution < 1.29 is 36.2 Å². The summed E-state index contributed by atoms with van der Waals surface area (Å²) in [4.78, 5) is 29.6. The highest BCUT2D eigenvalue weighted by Gasteiger charge is 2.41. The fourth-order valence-corrected chi connectivity index (χ4v) is 6.81. The number of sulfonamides is 1. The van der Waals surface area contributed by atoms with Crippen LogP contribution in [-0.2, 0) is 14.8 Å². The summed E-state index contributed by atoms with van der Waals surface area (Å²) in [5.41, 5.74) is 0.949. The smallest absolute Gasteiger partial charge is 0.387 e. The van der Waals surface area contributed by atoms with Gasteiger partial charge in [0.1, 0.15) is 11.6 Å². The Hall–Kier alpha value is -4.04. The van der Waals surface area contributed by atoms with Gasteiger partial charge in [0.25, 0.3) is 15.6 Å². The second-order valence-corrected chi connectivity index (χ2v) is 11.5. The van der Waals surface area contributed by atoms with Crippen molar-refractivity contribution in [2.45, 2.75) is 24.5 Å². The van der Waals surface area contributed by atoms with Crippen molar-refractivity contribution in [3.05, 3.63) is 70.4 Å². The zero-order valence-corrected chi connectivity index (χ0v) is 22.0. The molecule has 40 heavy (non-hydrogen) atoms. The monoisotopic (exact) mass is 578 g/mol. The Balaban J connectivity index is 1.63. The molecule has 1 fully saturated rings. The summed E-state index contributed by atoms with van der Waals surface area (Å²) in [6, 6.07) is 8.74. The number of anilines is 2. The number of rotatable bonds is 7. The molecule has 0 spiro atoms. The Morgan fingerprint density at radius 1 is 1.10 bits per heavy atom. The number of H-pyrrole nitrogens is 1. The molecule has 1 aromatic heterocycles. The van der Waals surface area contributed by atoms with Gasteiger partial charge in [0.05, 0.1) is 30.5 Å². The number of aromatic amines is 1. The van der Waals surface area contributed by atoms with Gasteiger partial charge in [0, 0.05) is 31.9 Å². The Labute approximate surface area is 227 Å². The molecule has 0 saturated carbocycles. The molecule has 0 aliphatic carbocycles. The number of fused-ring (bicyclic) bond motifs is 3. The first-order valence-electron chi connectivity index (χ1n) is 12.2. The number of aromatic nitrogens is 1. The molecule has 1 atom stereocenters. The number of halogens is 3. The van der Waals surface area contributed by atoms with Crippen LogP contribution >= 0.6 is 0 Å². The SMILES string of the molecule is Cc1c[nH]c(=O)c(S(=O)(=O)N2C[C@@H]3CN(CC(=O)O)CCN3c3ccc(-c4cc(F)cc(OC(F)F)c4)cc32)c1. The molecule has 0 radical (unpaired) electrons. The van der Waals surface area contributed by atoms with Gasteiger partial charge in [-0.25, -0.2) is 12.8 Å². The number of carboxylic acids is 1. The van der Waals surface area contributed by atoms with E-state index in [0.717, 1.165) is 16.4 Å². The Bertz CT molecular complexity index is 1630. The zero-order valence-electron chi connectivity index (χ0n) is 21.2. The van der Waals surface area contributed by atoms with E-state index in [1.807, 2.05) is 4.90 Å². The number of nitrogens with zero attached hydrogens (tertiary/aromatic N) is 3. The molecule has 3 heterocycles. The second-order valence-electron chi connectivity index (χ2n) is 9.64. The van der Waals surface area contributed by atoms with Crippen molar-refractivity contribution >= 4 is 27.4 Å². The maximum atomic E-state index is 14.3. The molecule has 3 aromatic rings. The summed E-state index contributed by atoms with van der Waals surface area (Å²) in [5, 5.41) is 9.26. The lowest BCUT2D eigenvalue weighted by Crippen LogP contribution is -2.61. The van der Waals surface area contributed by atoms with Crippen LogP contribution in [0.5, 0.6) is 5.75 Å². The van der Waals surface area contributed by atoms with Crippen molar-refractivity contribution in [1.29, 1.82) is 0 Å². The van der Waals surface area contributed by atoms with E-state index in [0.29, 0.717) is 29.9 Å². The number of alkyl halides is 2. The van der Waals surface area contributed by atoms with Gasteiger partial charge < -0.3 is 19.7 Å². The molecule has 5 rings (SSSR count). The van der Waals surface area contributed by atoms with Gasteiger partial charge >= 0.3 is 12.6 Å². The fraction of sp³-hybridized carbons (Fsp3) is 0.308. The van der Waals surface area contributed by atoms with E-state index >= 15 is 0 Å². The van der Waals surface area contributed by atoms with E-state index in [-0.39, 0.29) is 30.9 Å². The first-order chi connectivity index (χ1) is 18.9. The Kier molecular flexibility index (Phi) is 7.23. The standard InChI is InChI=1S/C26H25F3N4O6S/c1-15-6-23(25(36)30-11-15)40(37,38)33-13-19-12-31(14-24(34)35)4-5-32(19)21-3-2-16(9-22(21)33)17-7-18(27)10-20(8-17)39-26(28)29/h2-3,6-11,19,26H,4-5,12-14H2,1H3,(H,30,36)(H,34,35)/t19-/m0/s1. The highest BCUT2D eigenvalue weighted by molar-refractivity contribution is 7.92. The molecule has 2 N–H and O–H groups in total. The van der Waals surface area contributed by atoms with E-state index in [1.54, 1.807) is 24.0 Å². The van der Waals surface area contributed by atoms with Crippen molar-refractivity contribution in [2.24, 2.45) is 0 Å². The van der Waals surface area contributed by atoms with E-state index in [4.69, 9.17) is 0 Å². The minimum absolute atomic E-state index is 0.0921. The number of carboxylic acid groups (broad SMARTS) is 1. The predicted molar refractivity (Wildman–Crippen MR) is 140 cm³/mol. The first kappa shape index (κ1) is 27.5. The van der Waals surface area contributed by atoms with E-state index in [2.05, 4.69) is 9.72 Å². The van der Waals surface area contributed by atoms with Crippen molar-refractivity contribution in [3.8, 4) is 16.9 Å². The van der Waals surface area contributed by atoms with Crippen LogP contribution in [0.3, 0.4) is 0 Å². The average molecular weight is 579 g/mol. The highest BCUT2D eigenvalue weighted by atomic mass is 32.2. The number of nitrogens with one attached hydrogen (secondary N) is 1. The summed E-state index contributed by atoms with van der Waals surface area (Å²) in [6.45, 7) is -0.728. The molecular formula is C26H25F3N4O6S. The largest absolute Gasteiger partial charge is 0.480 e. The van der Waals surface area contributed by atoms with Gasteiger partial charge in [-0.3, -0.25) is 18.8 Å². The van der Waals surface area contributed by atoms with Crippen LogP contribution in [0, 0.1) is 12.7 Å². The summed E-state index contributed by atoms with van der Waals surface area (Å²) >= 11 is 0. The number of hydrogen-bond donors (Lipinski definition) is 2. The van der Waals surface area contributed by atoms with E-state index < -0.39 is 50.7 Å². The maximum Gasteiger partial charge on any atom is 0.387 e. The third-order valence-corrected chi connectivity index (χ3v) is 8.65. The number of aryl methyl sites for hydroxylation is 1. The van der Waals surface area contributed by atoms with Crippen LogP contribution in [0.25, 0.3) is 11.1 Å². The van der Waals surface area contributed by atoms with Crippen molar-refractivity contribution in [3.63, 3.8) is 0 Å². The maximum absolute atomic E-state index is 14.3. The predicted octanol–water partition coefficient (Wildman–Crippen LogP) is 2.87. The topological polar surface area (TPSA) is 123 Å². The Morgan fingerprint density at radius 2 is 1.88 bits per heavy atom. The van der Waals surface area contributed by atoms with Crippen LogP contribution in [0.15, 0.2) is 58.4 Å². The molecular weight excluding hydrogens is 553 g/mol. The highest BCUT2D eigenvalue weighted by Crippen LogP contribution is 2.42. The van der Waals surface area contributed by atoms with Crippen LogP contribution in [0.4, 0.5) is 24.5 Å². The van der Waals surface area contributed by atoms with Crippen LogP contribution in [0.1, 0.15) is 5.56 Å². The number of carbonyl (C=O) groups is 1. The lowest BCUT2D eigenvalue weighted by atomic mass is 10.00. The minimum Gasteiger partial charge on any atom is -0.480 e. The van der Waals surface area contributed by atoms with E-state index in [1.165, 1.54) is 24.4 Å². The summed E-state index contributed by atoms with van der Waals surface area (Å²) in [5.74, 6) is -2.22. The van der Waals surface area contributed by atoms with Gasteiger partial charge in [-0.05, 0) is 53.9 Å². The first-order valence-corrected chi connectivity index (χ1v) is 13.7. The third kappa shape index (κ3) is 5.36. The number of pyridine rings is 1. The molecule has 0 amide bonds. The molecule has 1 saturated heterocycles. The molecule has 212 valence electrons. The molecule has 2 aliphatic rings. The summed E-state index contributed by atoms with van der Waals surface area (Å²) in [6.07, 6.45) is 1.39. The van der Waals surface area contributed by atoms with Crippen molar-refractivity contribution in [2.75, 3.05) is 41.9 Å². The number of benzene rings is 2. The number of aliphatic carboxylic acids is 1. The normalized spacial score (nSPS) is 17.5. The van der Waals surface area contributed by atoms with Crippen LogP contribution < -0.4 is 19.5 Å². The number of hydrogen-bond acceptors (Lipinski definition) is 7. The number of piperazine rings is 1. The molecule has 0 unspecified atom stereocenters. The number of ether oxygens (including phenoxy) is 1. The van der Waals surface area contributed by atoms with Crippen LogP contribution in [-0.4, -0.2) is 74.8 Å². The fourth-order valence-electron chi connectivity index (χ4n) is 5.17. The van der Waals surface area contributed by atoms with Gasteiger partial charge in [-0.15, -0.1) is 0 Å². The summed E-state index contributed by atoms with van der Waals surface area (Å²) in [7, 11) is -4.42. The average Bonchev–Trinajstić information content (AvgIpc) is 2.88. The van der Waals surface area contributed by atoms with Gasteiger partial charge in [-0.1, -0.05) is 6.07 Å². The lowest BCUT2D eigenvalue weighted by molar-refractivity contribution is -0.138. The van der Waals surface area contributed by atoms with Crippen molar-refractivity contribution in [1.82, 2.24) is 9.88 Å². The molecule has 2 aliphatic heterocycles. The quantitative estimate of drug-likeness (QED) is 0.439. The third-order valence-electron chi connectivity index (χ3n) is 6.87. The minimum atomic E-state index is -4.42. The summed E-state index contributed by atoms with van der Waals surface area (Å²) < 4.78 is 73.2. The van der Waals surface area contributed by atoms with Gasteiger partial charge in [0.15, 0.2) is 4.90 Å². The molecule has 14 heteroatoms. The molecule has 2 aromatic carbocycles. The Morgan fingerprint density at radius 3 is 2.60 bits per heavy atom. The van der Waals surface area contributed by atoms with Gasteiger partial charge in [-0.2, -0.15) is 8.78 Å². The van der Waals surface area contributed by atoms with E-state index in [9.17, 15) is 36.3 Å². The van der Waals surface area contributed by atoms with Crippen LogP contribution in [0.2, 0.25) is 0 Å². The second kappa shape index (κ2) is 10.5. The molecule has 10 nitrogen and oxygen atoms in total.